The minimum atomic E-state index is -0.248. The number of rotatable bonds is 6. The highest BCUT2D eigenvalue weighted by Gasteiger charge is 2.18. The molecule has 0 aliphatic carbocycles. The van der Waals surface area contributed by atoms with Gasteiger partial charge in [-0.2, -0.15) is 0 Å². The van der Waals surface area contributed by atoms with E-state index in [2.05, 4.69) is 24.3 Å². The molecule has 0 bridgehead atoms. The highest BCUT2D eigenvalue weighted by atomic mass is 16.6. The largest absolute Gasteiger partial charge is 0.448 e. The van der Waals surface area contributed by atoms with E-state index < -0.39 is 0 Å². The van der Waals surface area contributed by atoms with Gasteiger partial charge in [-0.1, -0.05) is 60.7 Å². The Kier molecular flexibility index (Phi) is 6.01. The van der Waals surface area contributed by atoms with Crippen molar-refractivity contribution in [1.29, 1.82) is 0 Å². The summed E-state index contributed by atoms with van der Waals surface area (Å²) in [5.74, 6) is 0.0573. The first-order valence-electron chi connectivity index (χ1n) is 7.77. The number of nitrogens with zero attached hydrogens (tertiary/aromatic N) is 1. The quantitative estimate of drug-likeness (QED) is 0.795. The van der Waals surface area contributed by atoms with Crippen LogP contribution >= 0.6 is 0 Å². The van der Waals surface area contributed by atoms with Crippen molar-refractivity contribution in [3.05, 3.63) is 71.8 Å². The third kappa shape index (κ3) is 4.10. The molecule has 0 atom stereocenters. The third-order valence-electron chi connectivity index (χ3n) is 3.80. The lowest BCUT2D eigenvalue weighted by atomic mass is 9.92. The molecule has 0 aliphatic rings. The third-order valence-corrected chi connectivity index (χ3v) is 3.80. The topological polar surface area (TPSA) is 29.5 Å². The van der Waals surface area contributed by atoms with E-state index in [-0.39, 0.29) is 12.0 Å². The fourth-order valence-electron chi connectivity index (χ4n) is 2.48. The summed E-state index contributed by atoms with van der Waals surface area (Å²) in [5, 5.41) is 0. The van der Waals surface area contributed by atoms with Crippen LogP contribution in [0.2, 0.25) is 0 Å². The monoisotopic (exact) mass is 297 g/mol. The molecule has 2 aromatic rings. The Balaban J connectivity index is 2.15. The van der Waals surface area contributed by atoms with Crippen LogP contribution in [0.15, 0.2) is 60.7 Å². The summed E-state index contributed by atoms with van der Waals surface area (Å²) in [5.41, 5.74) is 2.31. The molecule has 0 saturated heterocycles. The zero-order chi connectivity index (χ0) is 15.8. The summed E-state index contributed by atoms with van der Waals surface area (Å²) in [6.07, 6.45) is -0.248. The van der Waals surface area contributed by atoms with E-state index in [0.29, 0.717) is 19.7 Å². The van der Waals surface area contributed by atoms with Crippen LogP contribution in [-0.4, -0.2) is 30.7 Å². The Morgan fingerprint density at radius 1 is 0.909 bits per heavy atom. The van der Waals surface area contributed by atoms with Gasteiger partial charge in [0.05, 0.1) is 0 Å². The normalized spacial score (nSPS) is 10.5. The molecule has 3 heteroatoms. The van der Waals surface area contributed by atoms with Gasteiger partial charge in [0, 0.05) is 19.0 Å². The first-order chi connectivity index (χ1) is 10.8. The Hall–Kier alpha value is -2.29. The molecule has 0 saturated carbocycles. The number of ether oxygens (including phenoxy) is 1. The average Bonchev–Trinajstić information content (AvgIpc) is 2.58. The van der Waals surface area contributed by atoms with E-state index in [1.54, 1.807) is 4.90 Å². The minimum Gasteiger partial charge on any atom is -0.448 e. The zero-order valence-corrected chi connectivity index (χ0v) is 13.2. The van der Waals surface area contributed by atoms with Gasteiger partial charge in [-0.15, -0.1) is 0 Å². The van der Waals surface area contributed by atoms with Crippen LogP contribution in [0.4, 0.5) is 4.79 Å². The molecule has 3 nitrogen and oxygen atoms in total. The Morgan fingerprint density at radius 2 is 1.36 bits per heavy atom. The van der Waals surface area contributed by atoms with Crippen LogP contribution in [0, 0.1) is 0 Å². The first kappa shape index (κ1) is 16.1. The van der Waals surface area contributed by atoms with E-state index >= 15 is 0 Å². The van der Waals surface area contributed by atoms with Gasteiger partial charge in [-0.3, -0.25) is 0 Å². The van der Waals surface area contributed by atoms with E-state index in [9.17, 15) is 4.79 Å². The molecule has 2 aromatic carbocycles. The second kappa shape index (κ2) is 8.23. The van der Waals surface area contributed by atoms with E-state index in [4.69, 9.17) is 4.74 Å². The summed E-state index contributed by atoms with van der Waals surface area (Å²) in [6, 6.07) is 20.3. The zero-order valence-electron chi connectivity index (χ0n) is 13.2. The number of carbonyl (C=O) groups is 1. The maximum Gasteiger partial charge on any atom is 0.409 e. The lowest BCUT2D eigenvalue weighted by Crippen LogP contribution is -2.32. The fraction of sp³-hybridized carbons (Fsp3) is 0.316. The van der Waals surface area contributed by atoms with Gasteiger partial charge in [0.2, 0.25) is 0 Å². The molecule has 0 aliphatic heterocycles. The van der Waals surface area contributed by atoms with Crippen molar-refractivity contribution in [2.45, 2.75) is 19.8 Å². The van der Waals surface area contributed by atoms with Crippen LogP contribution in [0.1, 0.15) is 30.9 Å². The van der Waals surface area contributed by atoms with Crippen molar-refractivity contribution >= 4 is 6.09 Å². The lowest BCUT2D eigenvalue weighted by Gasteiger charge is -2.22. The maximum atomic E-state index is 12.1. The van der Waals surface area contributed by atoms with Crippen molar-refractivity contribution in [1.82, 2.24) is 4.90 Å². The van der Waals surface area contributed by atoms with Crippen LogP contribution in [0.5, 0.6) is 0 Å². The van der Waals surface area contributed by atoms with Crippen molar-refractivity contribution < 1.29 is 9.53 Å². The van der Waals surface area contributed by atoms with Gasteiger partial charge in [-0.05, 0) is 25.0 Å². The van der Waals surface area contributed by atoms with Gasteiger partial charge in [0.1, 0.15) is 6.61 Å². The molecule has 22 heavy (non-hydrogen) atoms. The smallest absolute Gasteiger partial charge is 0.409 e. The van der Waals surface area contributed by atoms with Crippen LogP contribution < -0.4 is 0 Å². The first-order valence-corrected chi connectivity index (χ1v) is 7.77. The number of amides is 1. The van der Waals surface area contributed by atoms with Crippen molar-refractivity contribution in [2.75, 3.05) is 19.7 Å². The van der Waals surface area contributed by atoms with Crippen LogP contribution in [-0.2, 0) is 4.74 Å². The average molecular weight is 297 g/mol. The van der Waals surface area contributed by atoms with E-state index in [1.165, 1.54) is 0 Å². The summed E-state index contributed by atoms with van der Waals surface area (Å²) < 4.78 is 5.54. The molecule has 0 spiro atoms. The molecule has 2 rings (SSSR count). The molecule has 0 aromatic heterocycles. The second-order valence-electron chi connectivity index (χ2n) is 5.12. The molecule has 116 valence electrons. The van der Waals surface area contributed by atoms with Gasteiger partial charge in [0.25, 0.3) is 0 Å². The fourth-order valence-corrected chi connectivity index (χ4v) is 2.48. The van der Waals surface area contributed by atoms with Gasteiger partial charge >= 0.3 is 6.09 Å². The molecule has 0 unspecified atom stereocenters. The maximum absolute atomic E-state index is 12.1. The molecule has 0 N–H and O–H groups in total. The minimum absolute atomic E-state index is 0.0573. The Bertz CT molecular complexity index is 525. The predicted octanol–water partition coefficient (Wildman–Crippen LogP) is 4.30. The van der Waals surface area contributed by atoms with Gasteiger partial charge < -0.3 is 9.64 Å². The Morgan fingerprint density at radius 3 is 1.77 bits per heavy atom. The number of benzene rings is 2. The van der Waals surface area contributed by atoms with E-state index in [0.717, 1.165) is 11.1 Å². The summed E-state index contributed by atoms with van der Waals surface area (Å²) >= 11 is 0. The van der Waals surface area contributed by atoms with E-state index in [1.807, 2.05) is 50.2 Å². The predicted molar refractivity (Wildman–Crippen MR) is 89.0 cm³/mol. The summed E-state index contributed by atoms with van der Waals surface area (Å²) in [6.45, 7) is 5.59. The van der Waals surface area contributed by atoms with Crippen molar-refractivity contribution in [2.24, 2.45) is 0 Å². The highest BCUT2D eigenvalue weighted by Crippen LogP contribution is 2.25. The van der Waals surface area contributed by atoms with Gasteiger partial charge in [-0.25, -0.2) is 4.79 Å². The molecule has 0 fully saturated rings. The summed E-state index contributed by atoms with van der Waals surface area (Å²) in [7, 11) is 0. The van der Waals surface area contributed by atoms with Gasteiger partial charge in [0.15, 0.2) is 0 Å². The van der Waals surface area contributed by atoms with Crippen molar-refractivity contribution in [3.8, 4) is 0 Å². The lowest BCUT2D eigenvalue weighted by molar-refractivity contribution is 0.103. The number of hydrogen-bond acceptors (Lipinski definition) is 2. The van der Waals surface area contributed by atoms with Crippen LogP contribution in [0.25, 0.3) is 0 Å². The Labute approximate surface area is 132 Å². The molecule has 1 amide bonds. The standard InChI is InChI=1S/C19H23NO2/c1-3-20(4-2)19(21)22-15-18(16-11-7-5-8-12-16)17-13-9-6-10-14-17/h5-14,18H,3-4,15H2,1-2H3. The highest BCUT2D eigenvalue weighted by molar-refractivity contribution is 5.67. The molecular formula is C19H23NO2. The second-order valence-corrected chi connectivity index (χ2v) is 5.12. The number of hydrogen-bond donors (Lipinski definition) is 0. The van der Waals surface area contributed by atoms with Crippen LogP contribution in [0.3, 0.4) is 0 Å². The SMILES string of the molecule is CCN(CC)C(=O)OCC(c1ccccc1)c1ccccc1. The molecular weight excluding hydrogens is 274 g/mol. The molecule has 0 heterocycles. The number of carbonyl (C=O) groups excluding carboxylic acids is 1. The van der Waals surface area contributed by atoms with Crippen molar-refractivity contribution in [3.63, 3.8) is 0 Å². The molecule has 0 radical (unpaired) electrons. The summed E-state index contributed by atoms with van der Waals surface area (Å²) in [4.78, 5) is 13.8.